The van der Waals surface area contributed by atoms with E-state index in [-0.39, 0.29) is 18.9 Å². The van der Waals surface area contributed by atoms with Gasteiger partial charge in [-0.1, -0.05) is 53.7 Å². The smallest absolute Gasteiger partial charge is 0.266 e. The average molecular weight is 571 g/mol. The average Bonchev–Trinajstić information content (AvgIpc) is 3.41. The molecule has 1 heterocycles. The number of methoxy groups -OCH3 is 1. The number of azide groups is 1. The van der Waals surface area contributed by atoms with Crippen LogP contribution in [0.2, 0.25) is 0 Å². The molecule has 11 nitrogen and oxygen atoms in total. The van der Waals surface area contributed by atoms with Crippen molar-refractivity contribution >= 4 is 17.5 Å². The number of hydrogen-bond donors (Lipinski definition) is 3. The summed E-state index contributed by atoms with van der Waals surface area (Å²) >= 11 is 0. The van der Waals surface area contributed by atoms with E-state index in [4.69, 9.17) is 24.3 Å². The maximum Gasteiger partial charge on any atom is 0.266 e. The number of hydrogen-bond acceptors (Lipinski definition) is 8. The molecule has 0 saturated heterocycles. The third-order valence-electron chi connectivity index (χ3n) is 6.77. The number of aliphatic hydroxyl groups is 1. The zero-order valence-corrected chi connectivity index (χ0v) is 23.4. The molecule has 42 heavy (non-hydrogen) atoms. The van der Waals surface area contributed by atoms with Crippen molar-refractivity contribution in [3.8, 4) is 11.5 Å². The number of ether oxygens (including phenoxy) is 3. The minimum Gasteiger partial charge on any atom is -0.496 e. The van der Waals surface area contributed by atoms with Gasteiger partial charge in [-0.15, -0.1) is 6.58 Å². The summed E-state index contributed by atoms with van der Waals surface area (Å²) in [5.41, 5.74) is 16.0. The third kappa shape index (κ3) is 6.90. The van der Waals surface area contributed by atoms with Crippen molar-refractivity contribution in [2.24, 2.45) is 10.1 Å². The molecule has 11 heteroatoms. The summed E-state index contributed by atoms with van der Waals surface area (Å²) in [6.07, 6.45) is 1.98. The predicted molar refractivity (Wildman–Crippen MR) is 160 cm³/mol. The Morgan fingerprint density at radius 3 is 2.69 bits per heavy atom. The summed E-state index contributed by atoms with van der Waals surface area (Å²) in [6.45, 7) is 4.75. The van der Waals surface area contributed by atoms with Gasteiger partial charge < -0.3 is 19.3 Å². The third-order valence-corrected chi connectivity index (χ3v) is 6.77. The van der Waals surface area contributed by atoms with Crippen LogP contribution in [-0.4, -0.2) is 49.3 Å². The molecule has 2 atom stereocenters. The van der Waals surface area contributed by atoms with Gasteiger partial charge in [-0.25, -0.2) is 10.4 Å². The van der Waals surface area contributed by atoms with E-state index in [0.29, 0.717) is 48.6 Å². The number of aliphatic imine (C=N–C) groups is 1. The molecular weight excluding hydrogens is 536 g/mol. The molecule has 3 aromatic carbocycles. The number of carbonyl (C=O) groups is 1. The first-order chi connectivity index (χ1) is 20.6. The summed E-state index contributed by atoms with van der Waals surface area (Å²) in [5, 5.41) is 12.8. The number of rotatable bonds is 15. The Morgan fingerprint density at radius 1 is 1.19 bits per heavy atom. The second kappa shape index (κ2) is 14.7. The highest BCUT2D eigenvalue weighted by Gasteiger charge is 2.53. The van der Waals surface area contributed by atoms with Crippen LogP contribution in [0.3, 0.4) is 0 Å². The fourth-order valence-electron chi connectivity index (χ4n) is 4.72. The van der Waals surface area contributed by atoms with Crippen molar-refractivity contribution in [3.05, 3.63) is 113 Å². The first kappa shape index (κ1) is 30.1. The van der Waals surface area contributed by atoms with Gasteiger partial charge in [0, 0.05) is 47.7 Å². The van der Waals surface area contributed by atoms with E-state index in [2.05, 4.69) is 27.5 Å². The van der Waals surface area contributed by atoms with Crippen LogP contribution in [0.4, 0.5) is 5.69 Å². The summed E-state index contributed by atoms with van der Waals surface area (Å²) in [4.78, 5) is 21.8. The van der Waals surface area contributed by atoms with Crippen molar-refractivity contribution in [2.45, 2.75) is 30.9 Å². The standard InChI is InChI=1S/C31H34N6O5/c1-3-18-31(30(39)36-33-19-17-22-9-4-7-12-27(22)40-2)28(25-10-5-6-11-26(25)35-37-32)42-29(34-31)23-13-15-24(16-14-23)41-21-8-20-38/h3-7,9-16,28,33,38H,1,8,17-21H2,2H3,(H,36,39)/t28-,31-/m0/s1. The van der Waals surface area contributed by atoms with Crippen LogP contribution >= 0.6 is 0 Å². The molecule has 0 bridgehead atoms. The Morgan fingerprint density at radius 2 is 1.95 bits per heavy atom. The number of nitrogens with one attached hydrogen (secondary N) is 2. The molecular formula is C31H34N6O5. The Bertz CT molecular complexity index is 1450. The van der Waals surface area contributed by atoms with Crippen LogP contribution in [0.15, 0.2) is 95.6 Å². The van der Waals surface area contributed by atoms with E-state index in [9.17, 15) is 10.3 Å². The summed E-state index contributed by atoms with van der Waals surface area (Å²) in [5.74, 6) is 1.22. The first-order valence-corrected chi connectivity index (χ1v) is 13.6. The van der Waals surface area contributed by atoms with Crippen molar-refractivity contribution in [1.29, 1.82) is 0 Å². The van der Waals surface area contributed by atoms with Crippen LogP contribution in [0.1, 0.15) is 35.6 Å². The SMILES string of the molecule is C=CC[C@]1(C(=O)NNCCc2ccccc2OC)N=C(c2ccc(OCCCO)cc2)O[C@H]1c1ccccc1N=[N+]=[N-]. The quantitative estimate of drug-likeness (QED) is 0.0578. The normalized spacial score (nSPS) is 17.4. The number of carbonyl (C=O) groups excluding carboxylic acids is 1. The van der Waals surface area contributed by atoms with E-state index in [1.54, 1.807) is 61.7 Å². The second-order valence-electron chi connectivity index (χ2n) is 9.47. The maximum atomic E-state index is 13.9. The lowest BCUT2D eigenvalue weighted by atomic mass is 9.84. The first-order valence-electron chi connectivity index (χ1n) is 13.6. The van der Waals surface area contributed by atoms with E-state index in [1.807, 2.05) is 24.3 Å². The lowest BCUT2D eigenvalue weighted by Crippen LogP contribution is -2.52. The molecule has 0 unspecified atom stereocenters. The van der Waals surface area contributed by atoms with Gasteiger partial charge in [-0.3, -0.25) is 10.2 Å². The fraction of sp³-hybridized carbons (Fsp3) is 0.290. The number of nitrogens with zero attached hydrogens (tertiary/aromatic N) is 4. The molecule has 3 N–H and O–H groups in total. The minimum atomic E-state index is -1.45. The van der Waals surface area contributed by atoms with Crippen molar-refractivity contribution < 1.29 is 24.1 Å². The van der Waals surface area contributed by atoms with Gasteiger partial charge in [-0.2, -0.15) is 0 Å². The van der Waals surface area contributed by atoms with Crippen LogP contribution in [-0.2, 0) is 16.0 Å². The molecule has 0 aromatic heterocycles. The number of para-hydroxylation sites is 1. The Hall–Kier alpha value is -4.83. The molecule has 1 aliphatic heterocycles. The maximum absolute atomic E-state index is 13.9. The van der Waals surface area contributed by atoms with Gasteiger partial charge in [0.25, 0.3) is 5.91 Å². The topological polar surface area (TPSA) is 150 Å². The van der Waals surface area contributed by atoms with Gasteiger partial charge in [0.1, 0.15) is 11.5 Å². The van der Waals surface area contributed by atoms with Crippen molar-refractivity contribution in [2.75, 3.05) is 26.9 Å². The van der Waals surface area contributed by atoms with Crippen molar-refractivity contribution in [3.63, 3.8) is 0 Å². The van der Waals surface area contributed by atoms with Crippen LogP contribution in [0.5, 0.6) is 11.5 Å². The summed E-state index contributed by atoms with van der Waals surface area (Å²) < 4.78 is 17.4. The van der Waals surface area contributed by atoms with E-state index in [0.717, 1.165) is 11.3 Å². The molecule has 0 fully saturated rings. The second-order valence-corrected chi connectivity index (χ2v) is 9.47. The van der Waals surface area contributed by atoms with Gasteiger partial charge in [0.2, 0.25) is 5.90 Å². The van der Waals surface area contributed by atoms with Crippen LogP contribution in [0.25, 0.3) is 10.4 Å². The number of amides is 1. The Labute approximate surface area is 244 Å². The highest BCUT2D eigenvalue weighted by atomic mass is 16.5. The number of hydrazine groups is 1. The number of aliphatic hydroxyl groups excluding tert-OH is 1. The molecule has 0 saturated carbocycles. The summed E-state index contributed by atoms with van der Waals surface area (Å²) in [6, 6.07) is 21.8. The highest BCUT2D eigenvalue weighted by molar-refractivity contribution is 6.01. The zero-order chi connectivity index (χ0) is 29.8. The zero-order valence-electron chi connectivity index (χ0n) is 23.4. The molecule has 0 spiro atoms. The van der Waals surface area contributed by atoms with E-state index < -0.39 is 17.6 Å². The van der Waals surface area contributed by atoms with Crippen LogP contribution in [0, 0.1) is 0 Å². The van der Waals surface area contributed by atoms with Crippen molar-refractivity contribution in [1.82, 2.24) is 10.9 Å². The molecule has 3 aromatic rings. The fourth-order valence-corrected chi connectivity index (χ4v) is 4.72. The molecule has 218 valence electrons. The lowest BCUT2D eigenvalue weighted by molar-refractivity contribution is -0.129. The van der Waals surface area contributed by atoms with E-state index >= 15 is 0 Å². The highest BCUT2D eigenvalue weighted by Crippen LogP contribution is 2.45. The number of benzene rings is 3. The molecule has 4 rings (SSSR count). The lowest BCUT2D eigenvalue weighted by Gasteiger charge is -2.30. The molecule has 0 radical (unpaired) electrons. The largest absolute Gasteiger partial charge is 0.496 e. The van der Waals surface area contributed by atoms with Gasteiger partial charge in [-0.05, 0) is 47.8 Å². The predicted octanol–water partition coefficient (Wildman–Crippen LogP) is 5.09. The van der Waals surface area contributed by atoms with Crippen LogP contribution < -0.4 is 20.3 Å². The molecule has 0 aliphatic carbocycles. The summed E-state index contributed by atoms with van der Waals surface area (Å²) in [7, 11) is 1.62. The van der Waals surface area contributed by atoms with Gasteiger partial charge in [0.15, 0.2) is 11.6 Å². The van der Waals surface area contributed by atoms with E-state index in [1.165, 1.54) is 0 Å². The minimum absolute atomic E-state index is 0.0458. The Balaban J connectivity index is 1.62. The molecule has 1 aliphatic rings. The van der Waals surface area contributed by atoms with Gasteiger partial charge in [0.05, 0.1) is 13.7 Å². The Kier molecular flexibility index (Phi) is 10.5. The monoisotopic (exact) mass is 570 g/mol. The van der Waals surface area contributed by atoms with Gasteiger partial charge >= 0.3 is 0 Å². The molecule has 1 amide bonds.